The molecule has 0 aromatic carbocycles. The van der Waals surface area contributed by atoms with Gasteiger partial charge in [-0.3, -0.25) is 9.69 Å². The van der Waals surface area contributed by atoms with Crippen molar-refractivity contribution in [3.8, 4) is 0 Å². The molecule has 0 bridgehead atoms. The maximum Gasteiger partial charge on any atom is 0.322 e. The Balaban J connectivity index is 3.92. The van der Waals surface area contributed by atoms with Crippen LogP contribution in [0.2, 0.25) is 0 Å². The van der Waals surface area contributed by atoms with Gasteiger partial charge in [-0.05, 0) is 20.4 Å². The van der Waals surface area contributed by atoms with Gasteiger partial charge in [0.15, 0.2) is 0 Å². The van der Waals surface area contributed by atoms with E-state index >= 15 is 0 Å². The van der Waals surface area contributed by atoms with Gasteiger partial charge in [0.25, 0.3) is 0 Å². The molecule has 0 aliphatic heterocycles. The summed E-state index contributed by atoms with van der Waals surface area (Å²) in [5, 5.41) is 0. The molecule has 1 unspecified atom stereocenters. The van der Waals surface area contributed by atoms with E-state index in [4.69, 9.17) is 4.74 Å². The molecule has 14 heavy (non-hydrogen) atoms. The quantitative estimate of drug-likeness (QED) is 0.455. The molecule has 84 valence electrons. The molecular weight excluding hydrogens is 182 g/mol. The Morgan fingerprint density at radius 2 is 2.07 bits per heavy atom. The fraction of sp³-hybridized carbons (Fsp3) is 0.900. The highest BCUT2D eigenvalue weighted by Gasteiger charge is 2.19. The van der Waals surface area contributed by atoms with Crippen molar-refractivity contribution in [3.63, 3.8) is 0 Å². The molecule has 4 nitrogen and oxygen atoms in total. The van der Waals surface area contributed by atoms with Crippen LogP contribution in [0, 0.1) is 0 Å². The molecule has 0 saturated heterocycles. The van der Waals surface area contributed by atoms with Gasteiger partial charge >= 0.3 is 5.97 Å². The third-order valence-electron chi connectivity index (χ3n) is 2.22. The minimum atomic E-state index is -0.191. The van der Waals surface area contributed by atoms with Gasteiger partial charge in [0.1, 0.15) is 6.04 Å². The van der Waals surface area contributed by atoms with Crippen molar-refractivity contribution in [1.82, 2.24) is 4.90 Å². The summed E-state index contributed by atoms with van der Waals surface area (Å²) >= 11 is 0. The van der Waals surface area contributed by atoms with Crippen molar-refractivity contribution >= 4 is 5.97 Å². The highest BCUT2D eigenvalue weighted by molar-refractivity contribution is 5.75. The summed E-state index contributed by atoms with van der Waals surface area (Å²) in [6.45, 7) is 8.78. The summed E-state index contributed by atoms with van der Waals surface area (Å²) < 4.78 is 9.92. The molecule has 0 saturated carbocycles. The largest absolute Gasteiger partial charge is 0.468 e. The normalized spacial score (nSPS) is 12.9. The molecule has 0 amide bonds. The van der Waals surface area contributed by atoms with Crippen LogP contribution in [-0.4, -0.2) is 50.3 Å². The predicted molar refractivity (Wildman–Crippen MR) is 55.2 cm³/mol. The summed E-state index contributed by atoms with van der Waals surface area (Å²) in [4.78, 5) is 13.3. The number of ether oxygens (including phenoxy) is 2. The summed E-state index contributed by atoms with van der Waals surface area (Å²) in [6, 6.07) is -0.189. The van der Waals surface area contributed by atoms with Gasteiger partial charge in [0.2, 0.25) is 0 Å². The number of esters is 1. The van der Waals surface area contributed by atoms with Crippen LogP contribution in [0.3, 0.4) is 0 Å². The summed E-state index contributed by atoms with van der Waals surface area (Å²) in [7, 11) is 1.41. The molecule has 0 spiro atoms. The third-order valence-corrected chi connectivity index (χ3v) is 2.22. The van der Waals surface area contributed by atoms with E-state index < -0.39 is 0 Å². The zero-order valence-corrected chi connectivity index (χ0v) is 9.58. The maximum absolute atomic E-state index is 11.2. The average Bonchev–Trinajstić information content (AvgIpc) is 2.22. The first-order chi connectivity index (χ1) is 6.67. The van der Waals surface area contributed by atoms with Gasteiger partial charge in [0, 0.05) is 13.2 Å². The van der Waals surface area contributed by atoms with Gasteiger partial charge in [-0.2, -0.15) is 0 Å². The summed E-state index contributed by atoms with van der Waals surface area (Å²) in [6.07, 6.45) is 0. The molecule has 0 aromatic rings. The second kappa shape index (κ2) is 7.76. The fourth-order valence-electron chi connectivity index (χ4n) is 1.27. The zero-order chi connectivity index (χ0) is 11.0. The van der Waals surface area contributed by atoms with E-state index in [2.05, 4.69) is 4.74 Å². The molecule has 0 fully saturated rings. The molecule has 0 aliphatic carbocycles. The number of methoxy groups -OCH3 is 1. The number of hydrogen-bond acceptors (Lipinski definition) is 4. The minimum Gasteiger partial charge on any atom is -0.468 e. The minimum absolute atomic E-state index is 0.189. The van der Waals surface area contributed by atoms with Crippen molar-refractivity contribution < 1.29 is 14.3 Å². The second-order valence-corrected chi connectivity index (χ2v) is 3.02. The maximum atomic E-state index is 11.2. The number of carbonyl (C=O) groups excluding carboxylic acids is 1. The first-order valence-electron chi connectivity index (χ1n) is 5.06. The molecule has 1 atom stereocenters. The highest BCUT2D eigenvalue weighted by atomic mass is 16.5. The SMILES string of the molecule is CCOCCN(CC)C(C)C(=O)OC. The lowest BCUT2D eigenvalue weighted by molar-refractivity contribution is -0.146. The van der Waals surface area contributed by atoms with E-state index in [1.54, 1.807) is 0 Å². The number of likely N-dealkylation sites (N-methyl/N-ethyl adjacent to an activating group) is 1. The van der Waals surface area contributed by atoms with Crippen molar-refractivity contribution in [1.29, 1.82) is 0 Å². The van der Waals surface area contributed by atoms with E-state index in [9.17, 15) is 4.79 Å². The highest BCUT2D eigenvalue weighted by Crippen LogP contribution is 2.00. The van der Waals surface area contributed by atoms with Crippen LogP contribution >= 0.6 is 0 Å². The smallest absolute Gasteiger partial charge is 0.322 e. The molecule has 4 heteroatoms. The van der Waals surface area contributed by atoms with Crippen molar-refractivity contribution in [2.45, 2.75) is 26.8 Å². The lowest BCUT2D eigenvalue weighted by Crippen LogP contribution is -2.41. The van der Waals surface area contributed by atoms with Crippen LogP contribution in [-0.2, 0) is 14.3 Å². The molecule has 0 radical (unpaired) electrons. The van der Waals surface area contributed by atoms with Crippen LogP contribution in [0.4, 0.5) is 0 Å². The number of rotatable bonds is 7. The van der Waals surface area contributed by atoms with Crippen LogP contribution < -0.4 is 0 Å². The number of nitrogens with zero attached hydrogens (tertiary/aromatic N) is 1. The molecule has 0 aliphatic rings. The third kappa shape index (κ3) is 4.58. The monoisotopic (exact) mass is 203 g/mol. The van der Waals surface area contributed by atoms with Gasteiger partial charge in [-0.15, -0.1) is 0 Å². The predicted octanol–water partition coefficient (Wildman–Crippen LogP) is 0.906. The van der Waals surface area contributed by atoms with E-state index in [-0.39, 0.29) is 12.0 Å². The zero-order valence-electron chi connectivity index (χ0n) is 9.58. The molecule has 0 N–H and O–H groups in total. The van der Waals surface area contributed by atoms with Crippen LogP contribution in [0.5, 0.6) is 0 Å². The first kappa shape index (κ1) is 13.4. The van der Waals surface area contributed by atoms with Gasteiger partial charge < -0.3 is 9.47 Å². The van der Waals surface area contributed by atoms with Crippen molar-refractivity contribution in [2.24, 2.45) is 0 Å². The average molecular weight is 203 g/mol. The van der Waals surface area contributed by atoms with Crippen LogP contribution in [0.15, 0.2) is 0 Å². The molecule has 0 aromatic heterocycles. The van der Waals surface area contributed by atoms with Crippen LogP contribution in [0.25, 0.3) is 0 Å². The standard InChI is InChI=1S/C10H21NO3/c1-5-11(7-8-14-6-2)9(3)10(12)13-4/h9H,5-8H2,1-4H3. The Labute approximate surface area is 86.2 Å². The number of hydrogen-bond donors (Lipinski definition) is 0. The topological polar surface area (TPSA) is 38.8 Å². The fourth-order valence-corrected chi connectivity index (χ4v) is 1.27. The Hall–Kier alpha value is -0.610. The van der Waals surface area contributed by atoms with Gasteiger partial charge in [0.05, 0.1) is 13.7 Å². The second-order valence-electron chi connectivity index (χ2n) is 3.02. The summed E-state index contributed by atoms with van der Waals surface area (Å²) in [5.41, 5.74) is 0. The number of carbonyl (C=O) groups is 1. The Morgan fingerprint density at radius 3 is 2.50 bits per heavy atom. The van der Waals surface area contributed by atoms with Crippen LogP contribution in [0.1, 0.15) is 20.8 Å². The molecular formula is C10H21NO3. The van der Waals surface area contributed by atoms with Gasteiger partial charge in [-0.1, -0.05) is 6.92 Å². The Morgan fingerprint density at radius 1 is 1.43 bits per heavy atom. The first-order valence-corrected chi connectivity index (χ1v) is 5.06. The lowest BCUT2D eigenvalue weighted by Gasteiger charge is -2.25. The van der Waals surface area contributed by atoms with E-state index in [0.717, 1.165) is 13.1 Å². The van der Waals surface area contributed by atoms with Crippen molar-refractivity contribution in [3.05, 3.63) is 0 Å². The van der Waals surface area contributed by atoms with Gasteiger partial charge in [-0.25, -0.2) is 0 Å². The van der Waals surface area contributed by atoms with E-state index in [1.165, 1.54) is 7.11 Å². The molecule has 0 heterocycles. The lowest BCUT2D eigenvalue weighted by atomic mass is 10.3. The van der Waals surface area contributed by atoms with E-state index in [0.29, 0.717) is 13.2 Å². The summed E-state index contributed by atoms with van der Waals surface area (Å²) in [5.74, 6) is -0.191. The molecule has 0 rings (SSSR count). The van der Waals surface area contributed by atoms with Crippen molar-refractivity contribution in [2.75, 3.05) is 33.4 Å². The Bertz CT molecular complexity index is 161. The van der Waals surface area contributed by atoms with E-state index in [1.807, 2.05) is 25.7 Å². The Kier molecular flexibility index (Phi) is 7.42.